The number of sulfone groups is 1. The second-order valence-corrected chi connectivity index (χ2v) is 7.36. The molecule has 112 valence electrons. The molecule has 2 rings (SSSR count). The van der Waals surface area contributed by atoms with Crippen molar-refractivity contribution in [2.75, 3.05) is 13.4 Å². The van der Waals surface area contributed by atoms with Gasteiger partial charge in [0, 0.05) is 18.5 Å². The SMILES string of the molecule is COc1c(I)cc(-n2ccc(=O)[nH]c2=O)cc1S(C)(=O)=O. The van der Waals surface area contributed by atoms with E-state index in [-0.39, 0.29) is 10.6 Å². The standard InChI is InChI=1S/C12H11IN2O5S/c1-20-11-8(13)5-7(6-9(11)21(2,18)19)15-4-3-10(16)14-12(15)17/h3-6H,1-2H3,(H,14,16,17). The van der Waals surface area contributed by atoms with Crippen molar-refractivity contribution in [1.82, 2.24) is 9.55 Å². The molecule has 21 heavy (non-hydrogen) atoms. The van der Waals surface area contributed by atoms with E-state index < -0.39 is 21.1 Å². The Morgan fingerprint density at radius 1 is 1.29 bits per heavy atom. The van der Waals surface area contributed by atoms with Crippen molar-refractivity contribution in [2.24, 2.45) is 0 Å². The second kappa shape index (κ2) is 5.64. The number of H-pyrrole nitrogens is 1. The Morgan fingerprint density at radius 2 is 1.95 bits per heavy atom. The molecule has 0 atom stereocenters. The fourth-order valence-electron chi connectivity index (χ4n) is 1.79. The number of aromatic amines is 1. The minimum Gasteiger partial charge on any atom is -0.494 e. The molecule has 0 radical (unpaired) electrons. The Hall–Kier alpha value is -1.62. The highest BCUT2D eigenvalue weighted by atomic mass is 127. The van der Waals surface area contributed by atoms with Crippen LogP contribution in [0.3, 0.4) is 0 Å². The molecule has 1 N–H and O–H groups in total. The summed E-state index contributed by atoms with van der Waals surface area (Å²) in [6.45, 7) is 0. The largest absolute Gasteiger partial charge is 0.494 e. The van der Waals surface area contributed by atoms with Crippen LogP contribution in [-0.2, 0) is 9.84 Å². The zero-order valence-corrected chi connectivity index (χ0v) is 14.1. The van der Waals surface area contributed by atoms with Gasteiger partial charge in [-0.25, -0.2) is 13.2 Å². The van der Waals surface area contributed by atoms with Crippen molar-refractivity contribution < 1.29 is 13.2 Å². The van der Waals surface area contributed by atoms with Crippen molar-refractivity contribution >= 4 is 32.4 Å². The Bertz CT molecular complexity index is 914. The molecule has 2 aromatic rings. The number of benzene rings is 1. The Morgan fingerprint density at radius 3 is 2.48 bits per heavy atom. The summed E-state index contributed by atoms with van der Waals surface area (Å²) in [5, 5.41) is 0. The van der Waals surface area contributed by atoms with Crippen LogP contribution >= 0.6 is 22.6 Å². The second-order valence-electron chi connectivity index (χ2n) is 4.21. The lowest BCUT2D eigenvalue weighted by atomic mass is 10.3. The van der Waals surface area contributed by atoms with Crippen molar-refractivity contribution in [3.05, 3.63) is 48.8 Å². The molecule has 9 heteroatoms. The Balaban J connectivity index is 2.81. The number of hydrogen-bond acceptors (Lipinski definition) is 5. The van der Waals surface area contributed by atoms with Gasteiger partial charge in [0.2, 0.25) is 0 Å². The molecule has 0 saturated heterocycles. The summed E-state index contributed by atoms with van der Waals surface area (Å²) in [5.74, 6) is 0.222. The van der Waals surface area contributed by atoms with Gasteiger partial charge in [-0.2, -0.15) is 0 Å². The van der Waals surface area contributed by atoms with Crippen LogP contribution in [0.4, 0.5) is 0 Å². The lowest BCUT2D eigenvalue weighted by Gasteiger charge is -2.12. The molecule has 0 spiro atoms. The molecule has 1 aromatic heterocycles. The van der Waals surface area contributed by atoms with Gasteiger partial charge in [-0.1, -0.05) is 0 Å². The van der Waals surface area contributed by atoms with Gasteiger partial charge in [-0.15, -0.1) is 0 Å². The summed E-state index contributed by atoms with van der Waals surface area (Å²) in [4.78, 5) is 25.0. The third-order valence-corrected chi connectivity index (χ3v) is 4.60. The van der Waals surface area contributed by atoms with Crippen LogP contribution < -0.4 is 16.0 Å². The summed E-state index contributed by atoms with van der Waals surface area (Å²) in [6.07, 6.45) is 2.34. The summed E-state index contributed by atoms with van der Waals surface area (Å²) in [6, 6.07) is 4.10. The first-order valence-corrected chi connectivity index (χ1v) is 8.61. The van der Waals surface area contributed by atoms with Crippen molar-refractivity contribution in [1.29, 1.82) is 0 Å². The fraction of sp³-hybridized carbons (Fsp3) is 0.167. The number of halogens is 1. The van der Waals surface area contributed by atoms with Gasteiger partial charge in [0.1, 0.15) is 4.90 Å². The highest BCUT2D eigenvalue weighted by molar-refractivity contribution is 14.1. The molecule has 0 aliphatic rings. The van der Waals surface area contributed by atoms with Crippen molar-refractivity contribution in [3.63, 3.8) is 0 Å². The molecule has 0 unspecified atom stereocenters. The Labute approximate surface area is 133 Å². The maximum atomic E-state index is 11.9. The van der Waals surface area contributed by atoms with E-state index >= 15 is 0 Å². The van der Waals surface area contributed by atoms with Gasteiger partial charge in [-0.3, -0.25) is 14.3 Å². The van der Waals surface area contributed by atoms with Gasteiger partial charge in [0.15, 0.2) is 15.6 Å². The maximum absolute atomic E-state index is 11.9. The third-order valence-electron chi connectivity index (χ3n) is 2.70. The summed E-state index contributed by atoms with van der Waals surface area (Å²) >= 11 is 1.92. The number of nitrogens with one attached hydrogen (secondary N) is 1. The molecule has 0 aliphatic carbocycles. The Kier molecular flexibility index (Phi) is 4.23. The number of nitrogens with zero attached hydrogens (tertiary/aromatic N) is 1. The van der Waals surface area contributed by atoms with Gasteiger partial charge >= 0.3 is 5.69 Å². The topological polar surface area (TPSA) is 98.2 Å². The van der Waals surface area contributed by atoms with E-state index in [4.69, 9.17) is 4.74 Å². The van der Waals surface area contributed by atoms with Crippen molar-refractivity contribution in [3.8, 4) is 11.4 Å². The van der Waals surface area contributed by atoms with Gasteiger partial charge in [0.05, 0.1) is 16.4 Å². The van der Waals surface area contributed by atoms with E-state index in [2.05, 4.69) is 4.98 Å². The number of hydrogen-bond donors (Lipinski definition) is 1. The molecular weight excluding hydrogens is 411 g/mol. The molecule has 0 bridgehead atoms. The molecule has 1 heterocycles. The van der Waals surface area contributed by atoms with Gasteiger partial charge < -0.3 is 4.74 Å². The lowest BCUT2D eigenvalue weighted by molar-refractivity contribution is 0.399. The number of ether oxygens (including phenoxy) is 1. The molecule has 0 saturated carbocycles. The number of aromatic nitrogens is 2. The predicted molar refractivity (Wildman–Crippen MR) is 85.0 cm³/mol. The van der Waals surface area contributed by atoms with Gasteiger partial charge in [-0.05, 0) is 34.7 Å². The van der Waals surface area contributed by atoms with Crippen LogP contribution in [0.15, 0.2) is 38.9 Å². The predicted octanol–water partition coefficient (Wildman–Crippen LogP) is 0.542. The van der Waals surface area contributed by atoms with E-state index in [1.165, 1.54) is 25.4 Å². The molecule has 0 amide bonds. The first kappa shape index (κ1) is 15.8. The van der Waals surface area contributed by atoms with Crippen molar-refractivity contribution in [2.45, 2.75) is 4.90 Å². The van der Waals surface area contributed by atoms with Crippen LogP contribution in [0.1, 0.15) is 0 Å². The molecular formula is C12H11IN2O5S. The molecule has 0 aliphatic heterocycles. The van der Waals surface area contributed by atoms with E-state index in [1.54, 1.807) is 6.07 Å². The summed E-state index contributed by atoms with van der Waals surface area (Å²) in [5.41, 5.74) is -0.854. The van der Waals surface area contributed by atoms with Crippen LogP contribution in [-0.4, -0.2) is 31.3 Å². The molecule has 0 fully saturated rings. The zero-order chi connectivity index (χ0) is 15.8. The van der Waals surface area contributed by atoms with E-state index in [0.29, 0.717) is 9.26 Å². The first-order chi connectivity index (χ1) is 9.74. The highest BCUT2D eigenvalue weighted by Gasteiger charge is 2.19. The number of methoxy groups -OCH3 is 1. The van der Waals surface area contributed by atoms with Crippen LogP contribution in [0.25, 0.3) is 5.69 Å². The molecule has 1 aromatic carbocycles. The normalized spacial score (nSPS) is 11.4. The first-order valence-electron chi connectivity index (χ1n) is 5.64. The van der Waals surface area contributed by atoms with E-state index in [1.807, 2.05) is 22.6 Å². The zero-order valence-electron chi connectivity index (χ0n) is 11.1. The van der Waals surface area contributed by atoms with E-state index in [0.717, 1.165) is 10.8 Å². The smallest absolute Gasteiger partial charge is 0.332 e. The van der Waals surface area contributed by atoms with Crippen LogP contribution in [0, 0.1) is 3.57 Å². The minimum atomic E-state index is -3.54. The quantitative estimate of drug-likeness (QED) is 0.729. The minimum absolute atomic E-state index is 0.0231. The summed E-state index contributed by atoms with van der Waals surface area (Å²) < 4.78 is 30.5. The lowest BCUT2D eigenvalue weighted by Crippen LogP contribution is -2.27. The average molecular weight is 422 g/mol. The van der Waals surface area contributed by atoms with E-state index in [9.17, 15) is 18.0 Å². The number of rotatable bonds is 3. The maximum Gasteiger partial charge on any atom is 0.332 e. The van der Waals surface area contributed by atoms with Crippen LogP contribution in [0.5, 0.6) is 5.75 Å². The molecule has 7 nitrogen and oxygen atoms in total. The highest BCUT2D eigenvalue weighted by Crippen LogP contribution is 2.31. The fourth-order valence-corrected chi connectivity index (χ4v) is 3.67. The average Bonchev–Trinajstić information content (AvgIpc) is 2.36. The third kappa shape index (κ3) is 3.18. The van der Waals surface area contributed by atoms with Gasteiger partial charge in [0.25, 0.3) is 5.56 Å². The monoisotopic (exact) mass is 422 g/mol. The summed E-state index contributed by atoms with van der Waals surface area (Å²) in [7, 11) is -2.16. The van der Waals surface area contributed by atoms with Crippen LogP contribution in [0.2, 0.25) is 0 Å².